The summed E-state index contributed by atoms with van der Waals surface area (Å²) in [5.74, 6) is 0.0633. The van der Waals surface area contributed by atoms with Crippen LogP contribution >= 0.6 is 0 Å². The molecule has 0 spiro atoms. The zero-order chi connectivity index (χ0) is 52.3. The largest absolute Gasteiger partial charge is 0.311 e. The molecule has 0 saturated carbocycles. The molecule has 6 heterocycles. The Morgan fingerprint density at radius 3 is 1.45 bits per heavy atom. The van der Waals surface area contributed by atoms with Crippen LogP contribution in [0.1, 0.15) is 128 Å². The molecule has 4 aliphatic rings. The lowest BCUT2D eigenvalue weighted by molar-refractivity contribution is 0.589. The number of hydrogen-bond donors (Lipinski definition) is 0. The third-order valence-corrected chi connectivity index (χ3v) is 17.9. The van der Waals surface area contributed by atoms with Gasteiger partial charge in [0.1, 0.15) is 0 Å². The van der Waals surface area contributed by atoms with Crippen molar-refractivity contribution in [2.75, 3.05) is 9.80 Å². The van der Waals surface area contributed by atoms with E-state index in [1.807, 2.05) is 0 Å². The van der Waals surface area contributed by atoms with Crippen LogP contribution in [-0.4, -0.2) is 15.8 Å². The van der Waals surface area contributed by atoms with Gasteiger partial charge in [0.05, 0.1) is 39.1 Å². The zero-order valence-corrected chi connectivity index (χ0v) is 46.1. The molecule has 0 aliphatic carbocycles. The first-order valence-corrected chi connectivity index (χ1v) is 27.7. The Labute approximate surface area is 448 Å². The van der Waals surface area contributed by atoms with Crippen LogP contribution in [0.2, 0.25) is 0 Å². The summed E-state index contributed by atoms with van der Waals surface area (Å²) in [5.41, 5.74) is 28.7. The van der Waals surface area contributed by atoms with Gasteiger partial charge in [-0.05, 0) is 144 Å². The second kappa shape index (κ2) is 15.0. The summed E-state index contributed by atoms with van der Waals surface area (Å²) in [6, 6.07) is 66.7. The van der Waals surface area contributed by atoms with E-state index in [-0.39, 0.29) is 34.3 Å². The number of aromatic nitrogens is 2. The minimum atomic E-state index is -0.0124. The number of nitrogens with zero attached hydrogens (tertiary/aromatic N) is 4. The maximum absolute atomic E-state index is 2.64. The van der Waals surface area contributed by atoms with E-state index >= 15 is 0 Å². The Balaban J connectivity index is 1.03. The Hall–Kier alpha value is -7.76. The molecular weight excluding hydrogens is 920 g/mol. The maximum Gasteiger partial charge on any atom is 0.252 e. The lowest BCUT2D eigenvalue weighted by atomic mass is 9.33. The smallest absolute Gasteiger partial charge is 0.252 e. The van der Waals surface area contributed by atoms with Crippen molar-refractivity contribution in [1.82, 2.24) is 9.13 Å². The average Bonchev–Trinajstić information content (AvgIpc) is 4.05. The molecule has 0 fully saturated rings. The average molecular weight is 985 g/mol. The van der Waals surface area contributed by atoms with Crippen LogP contribution in [0.3, 0.4) is 0 Å². The highest BCUT2D eigenvalue weighted by Crippen LogP contribution is 2.59. The molecule has 9 aromatic carbocycles. The molecule has 4 nitrogen and oxygen atoms in total. The third kappa shape index (κ3) is 6.14. The van der Waals surface area contributed by atoms with Gasteiger partial charge in [0.15, 0.2) is 0 Å². The molecular formula is C71H65BN4. The van der Waals surface area contributed by atoms with Crippen LogP contribution in [0.4, 0.5) is 34.1 Å². The van der Waals surface area contributed by atoms with Gasteiger partial charge in [-0.3, -0.25) is 0 Å². The first-order chi connectivity index (χ1) is 36.3. The molecule has 1 atom stereocenters. The summed E-state index contributed by atoms with van der Waals surface area (Å²) < 4.78 is 5.28. The highest BCUT2D eigenvalue weighted by molar-refractivity contribution is 7.00. The summed E-state index contributed by atoms with van der Waals surface area (Å²) in [5, 5.41) is 5.18. The SMILES string of the molecule is CC(C)(C)c1ccc(N2c3ccc(C(C)(C)C)cc3B3c4ccccc4-n4c5cc6c(cc5c5ccc2c3c54)c2ccc3c4c2n6-c2ccccc2C4c2cc(C(C)(C)C)ccc2N3c2ccc(C(C)(C)C)cc2)cc1. The van der Waals surface area contributed by atoms with Crippen molar-refractivity contribution in [1.29, 1.82) is 0 Å². The fourth-order valence-corrected chi connectivity index (χ4v) is 14.0. The predicted octanol–water partition coefficient (Wildman–Crippen LogP) is 17.0. The van der Waals surface area contributed by atoms with E-state index in [1.165, 1.54) is 144 Å². The maximum atomic E-state index is 2.64. The second-order valence-electron chi connectivity index (χ2n) is 26.6. The van der Waals surface area contributed by atoms with Crippen LogP contribution in [0.15, 0.2) is 170 Å². The molecule has 1 unspecified atom stereocenters. The topological polar surface area (TPSA) is 16.3 Å². The normalized spacial score (nSPS) is 15.4. The van der Waals surface area contributed by atoms with Crippen LogP contribution in [-0.2, 0) is 21.7 Å². The minimum Gasteiger partial charge on any atom is -0.311 e. The lowest BCUT2D eigenvalue weighted by Gasteiger charge is -2.41. The Morgan fingerprint density at radius 1 is 0.342 bits per heavy atom. The third-order valence-electron chi connectivity index (χ3n) is 17.9. The first kappa shape index (κ1) is 45.6. The fraction of sp³-hybridized carbons (Fsp3) is 0.239. The molecule has 2 aromatic heterocycles. The van der Waals surface area contributed by atoms with Crippen molar-refractivity contribution in [3.05, 3.63) is 209 Å². The van der Waals surface area contributed by atoms with Crippen molar-refractivity contribution in [2.24, 2.45) is 0 Å². The monoisotopic (exact) mass is 985 g/mol. The Kier molecular flexibility index (Phi) is 9.01. The van der Waals surface area contributed by atoms with E-state index in [9.17, 15) is 0 Å². The summed E-state index contributed by atoms with van der Waals surface area (Å²) in [4.78, 5) is 5.11. The van der Waals surface area contributed by atoms with Gasteiger partial charge in [0.2, 0.25) is 0 Å². The summed E-state index contributed by atoms with van der Waals surface area (Å²) in [7, 11) is 0. The van der Waals surface area contributed by atoms with Gasteiger partial charge in [0.25, 0.3) is 6.71 Å². The van der Waals surface area contributed by atoms with E-state index in [4.69, 9.17) is 0 Å². The van der Waals surface area contributed by atoms with Crippen molar-refractivity contribution < 1.29 is 0 Å². The van der Waals surface area contributed by atoms with Gasteiger partial charge in [-0.2, -0.15) is 0 Å². The molecule has 0 amide bonds. The van der Waals surface area contributed by atoms with Gasteiger partial charge >= 0.3 is 0 Å². The van der Waals surface area contributed by atoms with Crippen LogP contribution in [0.25, 0.3) is 55.0 Å². The van der Waals surface area contributed by atoms with Gasteiger partial charge in [0, 0.05) is 61.5 Å². The number of anilines is 6. The molecule has 5 heteroatoms. The van der Waals surface area contributed by atoms with E-state index in [0.717, 1.165) is 0 Å². The van der Waals surface area contributed by atoms with Crippen molar-refractivity contribution in [3.63, 3.8) is 0 Å². The van der Waals surface area contributed by atoms with E-state index in [2.05, 4.69) is 272 Å². The molecule has 0 bridgehead atoms. The summed E-state index contributed by atoms with van der Waals surface area (Å²) in [6.07, 6.45) is 0. The molecule has 372 valence electrons. The number of fused-ring (bicyclic) bond motifs is 16. The van der Waals surface area contributed by atoms with Crippen molar-refractivity contribution in [2.45, 2.75) is 111 Å². The lowest BCUT2D eigenvalue weighted by Crippen LogP contribution is -2.60. The van der Waals surface area contributed by atoms with Gasteiger partial charge in [-0.25, -0.2) is 0 Å². The standard InChI is InChI=1S/C71H65BN4/c1-68(2,3)41-21-27-45(28-22-41)73-56-33-25-43(70(7,8)9)37-52(56)63-49-17-13-15-19-55(49)75-61-40-62-51(39-50(61)47-31-35-59(73)64(63)66(47)75)48-32-36-60-65-67(48)76(62)57-20-16-14-18-53(57)72(65)54-38-44(71(10,11)12)26-34-58(54)74(60)46-29-23-42(24-30-46)69(4,5)6/h13-40,63H,1-12H3. The zero-order valence-electron chi connectivity index (χ0n) is 46.1. The molecule has 0 radical (unpaired) electrons. The molecule has 4 aliphatic heterocycles. The second-order valence-corrected chi connectivity index (χ2v) is 26.6. The minimum absolute atomic E-state index is 0.0124. The molecule has 11 aromatic rings. The first-order valence-electron chi connectivity index (χ1n) is 27.7. The van der Waals surface area contributed by atoms with E-state index in [1.54, 1.807) is 0 Å². The van der Waals surface area contributed by atoms with Crippen LogP contribution < -0.4 is 26.2 Å². The molecule has 76 heavy (non-hydrogen) atoms. The highest BCUT2D eigenvalue weighted by atomic mass is 15.2. The predicted molar refractivity (Wildman–Crippen MR) is 325 cm³/mol. The Morgan fingerprint density at radius 2 is 0.829 bits per heavy atom. The van der Waals surface area contributed by atoms with Gasteiger partial charge in [-0.15, -0.1) is 0 Å². The van der Waals surface area contributed by atoms with Crippen LogP contribution in [0.5, 0.6) is 0 Å². The summed E-state index contributed by atoms with van der Waals surface area (Å²) in [6.45, 7) is 27.9. The van der Waals surface area contributed by atoms with E-state index < -0.39 is 0 Å². The molecule has 15 rings (SSSR count). The summed E-state index contributed by atoms with van der Waals surface area (Å²) >= 11 is 0. The quantitative estimate of drug-likeness (QED) is 0.161. The van der Waals surface area contributed by atoms with Gasteiger partial charge in [-0.1, -0.05) is 180 Å². The van der Waals surface area contributed by atoms with Crippen molar-refractivity contribution >= 4 is 101 Å². The van der Waals surface area contributed by atoms with Crippen molar-refractivity contribution in [3.8, 4) is 11.4 Å². The van der Waals surface area contributed by atoms with E-state index in [0.29, 0.717) is 0 Å². The number of para-hydroxylation sites is 2. The van der Waals surface area contributed by atoms with Crippen LogP contribution in [0, 0.1) is 0 Å². The fourth-order valence-electron chi connectivity index (χ4n) is 14.0. The number of benzene rings is 9. The highest BCUT2D eigenvalue weighted by Gasteiger charge is 2.44. The number of rotatable bonds is 2. The Bertz CT molecular complexity index is 4050. The number of hydrogen-bond acceptors (Lipinski definition) is 2. The van der Waals surface area contributed by atoms with Gasteiger partial charge < -0.3 is 18.9 Å². The molecule has 0 saturated heterocycles. The molecule has 0 N–H and O–H groups in total.